The lowest BCUT2D eigenvalue weighted by atomic mass is 9.72. The van der Waals surface area contributed by atoms with E-state index in [-0.39, 0.29) is 5.97 Å². The predicted octanol–water partition coefficient (Wildman–Crippen LogP) is -1.66. The van der Waals surface area contributed by atoms with Crippen LogP contribution in [0.3, 0.4) is 0 Å². The number of benzene rings is 2. The molecule has 0 aromatic heterocycles. The molecular formula is C34H42N2O10. The first kappa shape index (κ1) is 37.4. The van der Waals surface area contributed by atoms with Crippen molar-refractivity contribution in [2.24, 2.45) is 0 Å². The van der Waals surface area contributed by atoms with Gasteiger partial charge in [0.15, 0.2) is 6.04 Å². The van der Waals surface area contributed by atoms with E-state index in [2.05, 4.69) is 42.5 Å². The average Bonchev–Trinajstić information content (AvgIpc) is 3.58. The molecule has 4 N–H and O–H groups in total. The van der Waals surface area contributed by atoms with Crippen LogP contribution in [0.4, 0.5) is 0 Å². The Morgan fingerprint density at radius 1 is 0.783 bits per heavy atom. The number of nitrogens with one attached hydrogen (secondary N) is 2. The zero-order valence-corrected chi connectivity index (χ0v) is 25.9. The van der Waals surface area contributed by atoms with Gasteiger partial charge in [0, 0.05) is 43.4 Å². The average molecular weight is 639 g/mol. The molecule has 1 atom stereocenters. The number of carbonyl (C=O) groups is 5. The molecular weight excluding hydrogens is 596 g/mol. The van der Waals surface area contributed by atoms with Crippen LogP contribution in [0.25, 0.3) is 0 Å². The van der Waals surface area contributed by atoms with Crippen molar-refractivity contribution in [2.75, 3.05) is 39.3 Å². The minimum atomic E-state index is -1.51. The highest BCUT2D eigenvalue weighted by Gasteiger charge is 2.46. The molecule has 0 saturated carbocycles. The molecule has 2 aliphatic heterocycles. The van der Waals surface area contributed by atoms with Crippen molar-refractivity contribution in [1.29, 1.82) is 0 Å². The van der Waals surface area contributed by atoms with E-state index in [1.807, 2.05) is 25.1 Å². The molecule has 12 heteroatoms. The fourth-order valence-electron chi connectivity index (χ4n) is 5.80. The van der Waals surface area contributed by atoms with E-state index < -0.39 is 29.3 Å². The van der Waals surface area contributed by atoms with Crippen LogP contribution in [-0.4, -0.2) is 79.4 Å². The molecule has 0 spiro atoms. The van der Waals surface area contributed by atoms with Gasteiger partial charge in [-0.05, 0) is 24.6 Å². The van der Waals surface area contributed by atoms with Crippen molar-refractivity contribution in [3.63, 3.8) is 0 Å². The molecule has 1 unspecified atom stereocenters. The lowest BCUT2D eigenvalue weighted by Crippen LogP contribution is -3.20. The molecule has 2 saturated heterocycles. The minimum Gasteiger partial charge on any atom is -0.545 e. The SMILES string of the molecule is CCOC(=O)C1(c2ccccc2)CC[NH+](CC(c2ccccc2)[NH+]2CCCC2)CC1.O=C([O-])/C=C\C(=O)O.O=C([O-])/C=C\C(=O)O. The van der Waals surface area contributed by atoms with Crippen LogP contribution in [0.2, 0.25) is 0 Å². The third-order valence-electron chi connectivity index (χ3n) is 7.96. The summed E-state index contributed by atoms with van der Waals surface area (Å²) in [6, 6.07) is 21.9. The quantitative estimate of drug-likeness (QED) is 0.164. The summed E-state index contributed by atoms with van der Waals surface area (Å²) < 4.78 is 5.55. The number of likely N-dealkylation sites (tertiary alicyclic amines) is 2. The molecule has 0 aliphatic carbocycles. The van der Waals surface area contributed by atoms with Crippen molar-refractivity contribution in [2.45, 2.75) is 44.1 Å². The molecule has 2 fully saturated rings. The maximum absolute atomic E-state index is 13.0. The van der Waals surface area contributed by atoms with Crippen LogP contribution in [0, 0.1) is 0 Å². The van der Waals surface area contributed by atoms with Crippen molar-refractivity contribution >= 4 is 29.8 Å². The molecule has 4 rings (SSSR count). The third-order valence-corrected chi connectivity index (χ3v) is 7.96. The number of ether oxygens (including phenoxy) is 1. The van der Waals surface area contributed by atoms with Gasteiger partial charge in [-0.1, -0.05) is 60.7 Å². The van der Waals surface area contributed by atoms with Crippen LogP contribution < -0.4 is 20.0 Å². The Bertz CT molecular complexity index is 1260. The van der Waals surface area contributed by atoms with E-state index in [9.17, 15) is 34.2 Å². The molecule has 0 amide bonds. The summed E-state index contributed by atoms with van der Waals surface area (Å²) in [6.07, 6.45) is 6.29. The first-order chi connectivity index (χ1) is 22.0. The van der Waals surface area contributed by atoms with Crippen molar-refractivity contribution < 1.29 is 58.9 Å². The van der Waals surface area contributed by atoms with Crippen LogP contribution in [0.15, 0.2) is 85.0 Å². The zero-order valence-electron chi connectivity index (χ0n) is 25.9. The van der Waals surface area contributed by atoms with Gasteiger partial charge in [0.1, 0.15) is 12.0 Å². The molecule has 2 heterocycles. The van der Waals surface area contributed by atoms with Crippen molar-refractivity contribution in [1.82, 2.24) is 0 Å². The number of piperidine rings is 1. The summed E-state index contributed by atoms with van der Waals surface area (Å²) in [6.45, 7) is 8.09. The number of carbonyl (C=O) groups excluding carboxylic acids is 3. The number of carboxylic acids is 4. The monoisotopic (exact) mass is 638 g/mol. The van der Waals surface area contributed by atoms with Crippen LogP contribution in [0.5, 0.6) is 0 Å². The van der Waals surface area contributed by atoms with E-state index in [4.69, 9.17) is 14.9 Å². The fourth-order valence-corrected chi connectivity index (χ4v) is 5.80. The lowest BCUT2D eigenvalue weighted by Gasteiger charge is -2.39. The van der Waals surface area contributed by atoms with Gasteiger partial charge >= 0.3 is 17.9 Å². The summed E-state index contributed by atoms with van der Waals surface area (Å²) in [5.41, 5.74) is 2.10. The van der Waals surface area contributed by atoms with Crippen LogP contribution in [-0.2, 0) is 34.1 Å². The van der Waals surface area contributed by atoms with Gasteiger partial charge in [0.25, 0.3) is 0 Å². The number of quaternary nitrogens is 2. The topological polar surface area (TPSA) is 190 Å². The highest BCUT2D eigenvalue weighted by molar-refractivity contribution is 5.89. The van der Waals surface area contributed by atoms with Gasteiger partial charge in [-0.15, -0.1) is 0 Å². The van der Waals surface area contributed by atoms with Crippen molar-refractivity contribution in [3.8, 4) is 0 Å². The first-order valence-electron chi connectivity index (χ1n) is 15.2. The van der Waals surface area contributed by atoms with Gasteiger partial charge in [0.2, 0.25) is 0 Å². The molecule has 12 nitrogen and oxygen atoms in total. The Kier molecular flexibility index (Phi) is 15.9. The van der Waals surface area contributed by atoms with E-state index >= 15 is 0 Å². The van der Waals surface area contributed by atoms with E-state index in [1.54, 1.807) is 9.80 Å². The summed E-state index contributed by atoms with van der Waals surface area (Å²) in [5, 5.41) is 34.5. The lowest BCUT2D eigenvalue weighted by molar-refractivity contribution is -0.978. The molecule has 0 bridgehead atoms. The summed E-state index contributed by atoms with van der Waals surface area (Å²) in [5.74, 6) is -5.65. The Balaban J connectivity index is 0.000000381. The van der Waals surface area contributed by atoms with E-state index in [0.29, 0.717) is 37.0 Å². The smallest absolute Gasteiger partial charge is 0.328 e. The standard InChI is InChI=1S/C26H34N2O2.2C4H4O4/c1-2-30-25(29)26(23-13-7-4-8-14-23)15-19-27(20-16-26)21-24(28-17-9-10-18-28)22-11-5-3-6-12-22;2*5-3(6)1-2-4(7)8/h3-8,11-14,24H,2,9-10,15-21H2,1H3;2*1-2H,(H,5,6)(H,7,8)/b;2*2-1-. The van der Waals surface area contributed by atoms with Gasteiger partial charge < -0.3 is 44.6 Å². The Labute approximate surface area is 268 Å². The van der Waals surface area contributed by atoms with Crippen LogP contribution >= 0.6 is 0 Å². The summed E-state index contributed by atoms with van der Waals surface area (Å²) in [4.78, 5) is 54.3. The number of hydrogen-bond donors (Lipinski definition) is 4. The second-order valence-electron chi connectivity index (χ2n) is 10.9. The highest BCUT2D eigenvalue weighted by Crippen LogP contribution is 2.34. The zero-order chi connectivity index (χ0) is 34.0. The van der Waals surface area contributed by atoms with Gasteiger partial charge in [-0.3, -0.25) is 4.79 Å². The molecule has 2 aromatic carbocycles. The third kappa shape index (κ3) is 12.7. The Morgan fingerprint density at radius 2 is 1.26 bits per heavy atom. The highest BCUT2D eigenvalue weighted by atomic mass is 16.5. The molecule has 46 heavy (non-hydrogen) atoms. The first-order valence-corrected chi connectivity index (χ1v) is 15.2. The Morgan fingerprint density at radius 3 is 1.67 bits per heavy atom. The number of rotatable bonds is 11. The van der Waals surface area contributed by atoms with Gasteiger partial charge in [-0.25, -0.2) is 9.59 Å². The summed E-state index contributed by atoms with van der Waals surface area (Å²) in [7, 11) is 0. The molecule has 2 aromatic rings. The second-order valence-corrected chi connectivity index (χ2v) is 10.9. The molecule has 0 radical (unpaired) electrons. The van der Waals surface area contributed by atoms with Gasteiger partial charge in [-0.2, -0.15) is 0 Å². The van der Waals surface area contributed by atoms with E-state index in [1.165, 1.54) is 31.5 Å². The van der Waals surface area contributed by atoms with Gasteiger partial charge in [0.05, 0.1) is 44.7 Å². The van der Waals surface area contributed by atoms with Crippen molar-refractivity contribution in [3.05, 3.63) is 96.1 Å². The summed E-state index contributed by atoms with van der Waals surface area (Å²) >= 11 is 0. The Hall–Kier alpha value is -4.81. The fraction of sp³-hybridized carbons (Fsp3) is 0.382. The predicted molar refractivity (Wildman–Crippen MR) is 162 cm³/mol. The molecule has 248 valence electrons. The number of esters is 1. The number of hydrogen-bond acceptors (Lipinski definition) is 8. The second kappa shape index (κ2) is 19.6. The largest absolute Gasteiger partial charge is 0.545 e. The minimum absolute atomic E-state index is 0.0416. The number of carboxylic acid groups (broad SMARTS) is 4. The van der Waals surface area contributed by atoms with E-state index in [0.717, 1.165) is 38.0 Å². The van der Waals surface area contributed by atoms with Crippen LogP contribution in [0.1, 0.15) is 49.8 Å². The normalized spacial score (nSPS) is 20.1. The maximum Gasteiger partial charge on any atom is 0.328 e. The maximum atomic E-state index is 13.0. The number of aliphatic carboxylic acids is 4. The molecule has 2 aliphatic rings.